The van der Waals surface area contributed by atoms with Crippen molar-refractivity contribution in [1.29, 1.82) is 0 Å². The van der Waals surface area contributed by atoms with E-state index in [2.05, 4.69) is 23.6 Å². The summed E-state index contributed by atoms with van der Waals surface area (Å²) >= 11 is 1.64. The number of amides is 1. The van der Waals surface area contributed by atoms with Crippen molar-refractivity contribution in [2.75, 3.05) is 39.0 Å². The number of thioether (sulfide) groups is 1. The SMILES string of the molecule is C=C(C(=O)N1CCN(C)CC1)c1c(-c2ccccc2)nc2n1N=C(C)CS2. The zero-order valence-electron chi connectivity index (χ0n) is 15.7. The van der Waals surface area contributed by atoms with Gasteiger partial charge in [-0.05, 0) is 14.0 Å². The fraction of sp³-hybridized carbons (Fsp3) is 0.350. The van der Waals surface area contributed by atoms with Gasteiger partial charge in [-0.1, -0.05) is 48.7 Å². The highest BCUT2D eigenvalue weighted by atomic mass is 32.2. The van der Waals surface area contributed by atoms with Crippen LogP contribution in [0.4, 0.5) is 0 Å². The largest absolute Gasteiger partial charge is 0.336 e. The molecule has 1 aromatic heterocycles. The molecule has 1 fully saturated rings. The van der Waals surface area contributed by atoms with E-state index < -0.39 is 0 Å². The van der Waals surface area contributed by atoms with Gasteiger partial charge in [-0.2, -0.15) is 5.10 Å². The summed E-state index contributed by atoms with van der Waals surface area (Å²) in [6.45, 7) is 9.34. The van der Waals surface area contributed by atoms with E-state index in [1.165, 1.54) is 0 Å². The summed E-state index contributed by atoms with van der Waals surface area (Å²) in [7, 11) is 2.08. The number of hydrogen-bond donors (Lipinski definition) is 0. The molecule has 1 amide bonds. The number of likely N-dealkylation sites (N-methyl/N-ethyl adjacent to an activating group) is 1. The van der Waals surface area contributed by atoms with Crippen LogP contribution in [0.2, 0.25) is 0 Å². The van der Waals surface area contributed by atoms with Gasteiger partial charge in [0.2, 0.25) is 0 Å². The first-order valence-corrected chi connectivity index (χ1v) is 10.1. The number of fused-ring (bicyclic) bond motifs is 1. The van der Waals surface area contributed by atoms with Crippen molar-refractivity contribution in [3.8, 4) is 11.3 Å². The summed E-state index contributed by atoms with van der Waals surface area (Å²) in [5.41, 5.74) is 3.90. The Bertz CT molecular complexity index is 910. The van der Waals surface area contributed by atoms with Gasteiger partial charge in [0.25, 0.3) is 5.91 Å². The number of nitrogens with zero attached hydrogens (tertiary/aromatic N) is 5. The van der Waals surface area contributed by atoms with Gasteiger partial charge in [0, 0.05) is 43.2 Å². The summed E-state index contributed by atoms with van der Waals surface area (Å²) in [6.07, 6.45) is 0. The first-order chi connectivity index (χ1) is 13.0. The lowest BCUT2D eigenvalue weighted by molar-refractivity contribution is -0.126. The number of piperazine rings is 1. The average Bonchev–Trinajstić information content (AvgIpc) is 3.06. The van der Waals surface area contributed by atoms with Gasteiger partial charge >= 0.3 is 0 Å². The standard InChI is InChI=1S/C20H23N5OS/c1-14-13-27-20-21-17(16-7-5-4-6-8-16)18(25(20)22-14)15(2)19(26)24-11-9-23(3)10-12-24/h4-8H,2,9-13H2,1,3H3. The normalized spacial score (nSPS) is 17.4. The molecule has 2 aliphatic heterocycles. The molecule has 1 saturated heterocycles. The van der Waals surface area contributed by atoms with E-state index in [9.17, 15) is 4.79 Å². The molecular formula is C20H23N5OS. The lowest BCUT2D eigenvalue weighted by Crippen LogP contribution is -2.47. The maximum Gasteiger partial charge on any atom is 0.255 e. The molecule has 4 rings (SSSR count). The minimum atomic E-state index is -0.0357. The van der Waals surface area contributed by atoms with Gasteiger partial charge in [-0.15, -0.1) is 0 Å². The molecule has 7 heteroatoms. The summed E-state index contributed by atoms with van der Waals surface area (Å²) in [5.74, 6) is 0.773. The van der Waals surface area contributed by atoms with Gasteiger partial charge in [-0.25, -0.2) is 9.66 Å². The summed E-state index contributed by atoms with van der Waals surface area (Å²) in [6, 6.07) is 9.94. The van der Waals surface area contributed by atoms with E-state index in [0.717, 1.165) is 41.0 Å². The molecule has 0 radical (unpaired) electrons. The third-order valence-electron chi connectivity index (χ3n) is 4.89. The van der Waals surface area contributed by atoms with Crippen molar-refractivity contribution in [2.45, 2.75) is 12.1 Å². The molecule has 140 valence electrons. The van der Waals surface area contributed by atoms with Crippen LogP contribution < -0.4 is 0 Å². The summed E-state index contributed by atoms with van der Waals surface area (Å²) in [4.78, 5) is 22.1. The Labute approximate surface area is 163 Å². The Balaban J connectivity index is 1.76. The molecule has 3 heterocycles. The lowest BCUT2D eigenvalue weighted by atomic mass is 10.0. The lowest BCUT2D eigenvalue weighted by Gasteiger charge is -2.33. The van der Waals surface area contributed by atoms with Crippen LogP contribution in [0, 0.1) is 0 Å². The molecule has 0 saturated carbocycles. The zero-order chi connectivity index (χ0) is 19.0. The number of hydrogen-bond acceptors (Lipinski definition) is 5. The third kappa shape index (κ3) is 3.44. The summed E-state index contributed by atoms with van der Waals surface area (Å²) in [5, 5.41) is 5.47. The van der Waals surface area contributed by atoms with Crippen LogP contribution >= 0.6 is 11.8 Å². The van der Waals surface area contributed by atoms with Crippen molar-refractivity contribution in [3.05, 3.63) is 42.6 Å². The quantitative estimate of drug-likeness (QED) is 0.767. The van der Waals surface area contributed by atoms with Crippen LogP contribution in [0.1, 0.15) is 12.6 Å². The smallest absolute Gasteiger partial charge is 0.255 e. The number of imidazole rings is 1. The molecule has 2 aromatic rings. The predicted molar refractivity (Wildman–Crippen MR) is 110 cm³/mol. The minimum absolute atomic E-state index is 0.0357. The molecular weight excluding hydrogens is 358 g/mol. The first-order valence-electron chi connectivity index (χ1n) is 9.07. The monoisotopic (exact) mass is 381 g/mol. The molecule has 0 atom stereocenters. The molecule has 6 nitrogen and oxygen atoms in total. The second kappa shape index (κ2) is 7.32. The topological polar surface area (TPSA) is 53.7 Å². The van der Waals surface area contributed by atoms with Crippen molar-refractivity contribution < 1.29 is 4.79 Å². The average molecular weight is 382 g/mol. The van der Waals surface area contributed by atoms with E-state index in [1.54, 1.807) is 16.4 Å². The second-order valence-corrected chi connectivity index (χ2v) is 7.91. The highest BCUT2D eigenvalue weighted by molar-refractivity contribution is 7.99. The van der Waals surface area contributed by atoms with Crippen molar-refractivity contribution >= 4 is 29.0 Å². The van der Waals surface area contributed by atoms with Gasteiger partial charge < -0.3 is 9.80 Å². The molecule has 27 heavy (non-hydrogen) atoms. The highest BCUT2D eigenvalue weighted by Crippen LogP contribution is 2.35. The molecule has 0 aliphatic carbocycles. The van der Waals surface area contributed by atoms with E-state index in [1.807, 2.05) is 42.2 Å². The van der Waals surface area contributed by atoms with Crippen LogP contribution in [0.5, 0.6) is 0 Å². The minimum Gasteiger partial charge on any atom is -0.336 e. The van der Waals surface area contributed by atoms with Gasteiger partial charge in [0.1, 0.15) is 5.69 Å². The fourth-order valence-corrected chi connectivity index (χ4v) is 4.12. The number of carbonyl (C=O) groups is 1. The van der Waals surface area contributed by atoms with Gasteiger partial charge in [-0.3, -0.25) is 4.79 Å². The molecule has 2 aliphatic rings. The first kappa shape index (κ1) is 18.0. The molecule has 1 aromatic carbocycles. The number of benzene rings is 1. The van der Waals surface area contributed by atoms with Crippen molar-refractivity contribution in [3.63, 3.8) is 0 Å². The third-order valence-corrected chi connectivity index (χ3v) is 5.97. The predicted octanol–water partition coefficient (Wildman–Crippen LogP) is 2.67. The number of rotatable bonds is 3. The van der Waals surface area contributed by atoms with Crippen LogP contribution in [-0.4, -0.2) is 70.1 Å². The Morgan fingerprint density at radius 3 is 2.56 bits per heavy atom. The maximum absolute atomic E-state index is 13.2. The van der Waals surface area contributed by atoms with E-state index >= 15 is 0 Å². The zero-order valence-corrected chi connectivity index (χ0v) is 16.5. The van der Waals surface area contributed by atoms with Crippen LogP contribution in [0.3, 0.4) is 0 Å². The molecule has 0 bridgehead atoms. The van der Waals surface area contributed by atoms with E-state index in [4.69, 9.17) is 4.98 Å². The Morgan fingerprint density at radius 1 is 1.15 bits per heavy atom. The van der Waals surface area contributed by atoms with Crippen LogP contribution in [0.25, 0.3) is 16.8 Å². The Kier molecular flexibility index (Phi) is 4.88. The maximum atomic E-state index is 13.2. The molecule has 0 N–H and O–H groups in total. The second-order valence-electron chi connectivity index (χ2n) is 6.97. The highest BCUT2D eigenvalue weighted by Gasteiger charge is 2.29. The van der Waals surface area contributed by atoms with E-state index in [-0.39, 0.29) is 5.91 Å². The van der Waals surface area contributed by atoms with E-state index in [0.29, 0.717) is 24.4 Å². The number of carbonyl (C=O) groups excluding carboxylic acids is 1. The number of aromatic nitrogens is 2. The van der Waals surface area contributed by atoms with Crippen molar-refractivity contribution in [2.24, 2.45) is 5.10 Å². The van der Waals surface area contributed by atoms with Crippen molar-refractivity contribution in [1.82, 2.24) is 19.5 Å². The van der Waals surface area contributed by atoms with Gasteiger partial charge in [0.05, 0.1) is 11.3 Å². The summed E-state index contributed by atoms with van der Waals surface area (Å²) < 4.78 is 1.79. The molecule has 0 unspecified atom stereocenters. The van der Waals surface area contributed by atoms with Crippen LogP contribution in [0.15, 0.2) is 47.2 Å². The molecule has 0 spiro atoms. The van der Waals surface area contributed by atoms with Gasteiger partial charge in [0.15, 0.2) is 5.16 Å². The Hall–Kier alpha value is -2.38. The fourth-order valence-electron chi connectivity index (χ4n) is 3.32. The van der Waals surface area contributed by atoms with Crippen LogP contribution in [-0.2, 0) is 4.79 Å². The Morgan fingerprint density at radius 2 is 1.85 bits per heavy atom.